The Morgan fingerprint density at radius 2 is 1.85 bits per heavy atom. The third-order valence-corrected chi connectivity index (χ3v) is 8.18. The average Bonchev–Trinajstić information content (AvgIpc) is 3.05. The Labute approximate surface area is 161 Å². The summed E-state index contributed by atoms with van der Waals surface area (Å²) >= 11 is 0. The highest BCUT2D eigenvalue weighted by Gasteiger charge is 2.54. The summed E-state index contributed by atoms with van der Waals surface area (Å²) in [6.07, 6.45) is 7.47. The SMILES string of the molecule is C[C@]12CC[C@@H]3c4ccc(C(=O)O)cc4CC[C@H]3[C@@H]1CCC2c1ccccc1. The van der Waals surface area contributed by atoms with E-state index in [-0.39, 0.29) is 0 Å². The van der Waals surface area contributed by atoms with Crippen molar-refractivity contribution in [3.8, 4) is 0 Å². The van der Waals surface area contributed by atoms with Crippen LogP contribution in [-0.2, 0) is 6.42 Å². The average molecular weight is 360 g/mol. The molecule has 2 saturated carbocycles. The Morgan fingerprint density at radius 1 is 1.04 bits per heavy atom. The molecule has 3 aliphatic rings. The topological polar surface area (TPSA) is 37.3 Å². The molecule has 2 nitrogen and oxygen atoms in total. The molecular weight excluding hydrogens is 332 g/mol. The van der Waals surface area contributed by atoms with Gasteiger partial charge in [0.15, 0.2) is 0 Å². The van der Waals surface area contributed by atoms with Crippen molar-refractivity contribution in [2.24, 2.45) is 17.3 Å². The number of aryl methyl sites for hydroxylation is 1. The lowest BCUT2D eigenvalue weighted by Gasteiger charge is -2.51. The normalized spacial score (nSPS) is 34.4. The zero-order valence-electron chi connectivity index (χ0n) is 16.0. The van der Waals surface area contributed by atoms with Gasteiger partial charge in [-0.05, 0) is 96.4 Å². The van der Waals surface area contributed by atoms with E-state index in [1.54, 1.807) is 0 Å². The molecule has 0 amide bonds. The van der Waals surface area contributed by atoms with Gasteiger partial charge in [0.05, 0.1) is 5.56 Å². The number of aromatic carboxylic acids is 1. The van der Waals surface area contributed by atoms with E-state index in [2.05, 4.69) is 43.3 Å². The Morgan fingerprint density at radius 3 is 2.63 bits per heavy atom. The van der Waals surface area contributed by atoms with Gasteiger partial charge in [-0.3, -0.25) is 0 Å². The number of rotatable bonds is 2. The summed E-state index contributed by atoms with van der Waals surface area (Å²) in [6.45, 7) is 2.56. The highest BCUT2D eigenvalue weighted by Crippen LogP contribution is 2.65. The van der Waals surface area contributed by atoms with E-state index >= 15 is 0 Å². The van der Waals surface area contributed by atoms with Gasteiger partial charge in [-0.2, -0.15) is 0 Å². The van der Waals surface area contributed by atoms with E-state index in [9.17, 15) is 9.90 Å². The lowest BCUT2D eigenvalue weighted by molar-refractivity contribution is 0.0481. The first-order valence-corrected chi connectivity index (χ1v) is 10.5. The number of carboxylic acid groups (broad SMARTS) is 1. The van der Waals surface area contributed by atoms with Gasteiger partial charge in [-0.1, -0.05) is 43.3 Å². The number of fused-ring (bicyclic) bond motifs is 5. The summed E-state index contributed by atoms with van der Waals surface area (Å²) < 4.78 is 0. The summed E-state index contributed by atoms with van der Waals surface area (Å²) in [5, 5.41) is 9.31. The molecule has 5 rings (SSSR count). The summed E-state index contributed by atoms with van der Waals surface area (Å²) in [5.74, 6) is 2.08. The van der Waals surface area contributed by atoms with Crippen molar-refractivity contribution in [3.05, 3.63) is 70.8 Å². The molecule has 2 heteroatoms. The number of carboxylic acids is 1. The van der Waals surface area contributed by atoms with Crippen molar-refractivity contribution >= 4 is 5.97 Å². The Kier molecular flexibility index (Phi) is 3.93. The lowest BCUT2D eigenvalue weighted by atomic mass is 9.53. The molecule has 2 aromatic carbocycles. The first kappa shape index (κ1) is 17.0. The van der Waals surface area contributed by atoms with Crippen molar-refractivity contribution in [1.29, 1.82) is 0 Å². The molecule has 2 aromatic rings. The first-order valence-electron chi connectivity index (χ1n) is 10.5. The van der Waals surface area contributed by atoms with Crippen molar-refractivity contribution < 1.29 is 9.90 Å². The fourth-order valence-electron chi connectivity index (χ4n) is 6.95. The minimum absolute atomic E-state index is 0.418. The highest BCUT2D eigenvalue weighted by molar-refractivity contribution is 5.88. The molecule has 1 unspecified atom stereocenters. The minimum atomic E-state index is -0.808. The predicted octanol–water partition coefficient (Wildman–Crippen LogP) is 6.02. The van der Waals surface area contributed by atoms with E-state index in [1.807, 2.05) is 12.1 Å². The molecule has 0 aliphatic heterocycles. The monoisotopic (exact) mass is 360 g/mol. The van der Waals surface area contributed by atoms with Crippen LogP contribution >= 0.6 is 0 Å². The van der Waals surface area contributed by atoms with Crippen molar-refractivity contribution in [2.75, 3.05) is 0 Å². The largest absolute Gasteiger partial charge is 0.478 e. The summed E-state index contributed by atoms with van der Waals surface area (Å²) in [7, 11) is 0. The van der Waals surface area contributed by atoms with E-state index in [0.717, 1.165) is 18.3 Å². The first-order chi connectivity index (χ1) is 13.1. The third kappa shape index (κ3) is 2.56. The van der Waals surface area contributed by atoms with Crippen LogP contribution < -0.4 is 0 Å². The highest BCUT2D eigenvalue weighted by atomic mass is 16.4. The van der Waals surface area contributed by atoms with Gasteiger partial charge in [0, 0.05) is 0 Å². The van der Waals surface area contributed by atoms with Crippen molar-refractivity contribution in [2.45, 2.75) is 57.3 Å². The van der Waals surface area contributed by atoms with Gasteiger partial charge in [-0.15, -0.1) is 0 Å². The molecule has 0 bridgehead atoms. The Balaban J connectivity index is 1.46. The number of benzene rings is 2. The van der Waals surface area contributed by atoms with Crippen LogP contribution in [-0.4, -0.2) is 11.1 Å². The second-order valence-electron chi connectivity index (χ2n) is 9.22. The van der Waals surface area contributed by atoms with Crippen LogP contribution in [0.5, 0.6) is 0 Å². The van der Waals surface area contributed by atoms with Crippen molar-refractivity contribution in [3.63, 3.8) is 0 Å². The fourth-order valence-corrected chi connectivity index (χ4v) is 6.95. The zero-order chi connectivity index (χ0) is 18.6. The smallest absolute Gasteiger partial charge is 0.335 e. The van der Waals surface area contributed by atoms with Gasteiger partial charge in [0.2, 0.25) is 0 Å². The molecule has 2 fully saturated rings. The second kappa shape index (κ2) is 6.22. The quantitative estimate of drug-likeness (QED) is 0.710. The molecule has 3 aliphatic carbocycles. The van der Waals surface area contributed by atoms with Crippen LogP contribution in [0.4, 0.5) is 0 Å². The molecule has 0 radical (unpaired) electrons. The van der Waals surface area contributed by atoms with Gasteiger partial charge < -0.3 is 5.11 Å². The van der Waals surface area contributed by atoms with Gasteiger partial charge >= 0.3 is 5.97 Å². The number of carbonyl (C=O) groups is 1. The minimum Gasteiger partial charge on any atom is -0.478 e. The van der Waals surface area contributed by atoms with Crippen LogP contribution in [0.2, 0.25) is 0 Å². The predicted molar refractivity (Wildman–Crippen MR) is 107 cm³/mol. The molecule has 0 heterocycles. The van der Waals surface area contributed by atoms with E-state index in [4.69, 9.17) is 0 Å². The number of hydrogen-bond acceptors (Lipinski definition) is 1. The van der Waals surface area contributed by atoms with Crippen LogP contribution in [0.1, 0.15) is 77.9 Å². The summed E-state index contributed by atoms with van der Waals surface area (Å²) in [4.78, 5) is 11.3. The Hall–Kier alpha value is -2.09. The van der Waals surface area contributed by atoms with Crippen LogP contribution in [0.15, 0.2) is 48.5 Å². The molecule has 0 aromatic heterocycles. The molecule has 1 N–H and O–H groups in total. The van der Waals surface area contributed by atoms with Crippen LogP contribution in [0.25, 0.3) is 0 Å². The molecule has 27 heavy (non-hydrogen) atoms. The lowest BCUT2D eigenvalue weighted by Crippen LogP contribution is -2.41. The maximum absolute atomic E-state index is 11.3. The van der Waals surface area contributed by atoms with E-state index < -0.39 is 5.97 Å². The molecule has 0 spiro atoms. The Bertz CT molecular complexity index is 871. The zero-order valence-corrected chi connectivity index (χ0v) is 16.0. The third-order valence-electron chi connectivity index (χ3n) is 8.18. The van der Waals surface area contributed by atoms with E-state index in [0.29, 0.717) is 22.8 Å². The number of hydrogen-bond donors (Lipinski definition) is 1. The molecule has 5 atom stereocenters. The summed E-state index contributed by atoms with van der Waals surface area (Å²) in [6, 6.07) is 17.0. The van der Waals surface area contributed by atoms with Gasteiger partial charge in [-0.25, -0.2) is 4.79 Å². The maximum atomic E-state index is 11.3. The second-order valence-corrected chi connectivity index (χ2v) is 9.22. The summed E-state index contributed by atoms with van der Waals surface area (Å²) in [5.41, 5.74) is 5.13. The van der Waals surface area contributed by atoms with Crippen LogP contribution in [0.3, 0.4) is 0 Å². The standard InChI is InChI=1S/C25H28O2/c1-25-14-13-20-19-9-8-18(24(26)27)15-17(19)7-10-21(20)23(25)12-11-22(25)16-5-3-2-4-6-16/h2-6,8-9,15,20-23H,7,10-14H2,1H3,(H,26,27)/t20-,21-,22?,23+,25-/m1/s1. The fraction of sp³-hybridized carbons (Fsp3) is 0.480. The van der Waals surface area contributed by atoms with Crippen LogP contribution in [0, 0.1) is 17.3 Å². The maximum Gasteiger partial charge on any atom is 0.335 e. The van der Waals surface area contributed by atoms with Gasteiger partial charge in [0.25, 0.3) is 0 Å². The van der Waals surface area contributed by atoms with E-state index in [1.165, 1.54) is 48.8 Å². The molecule has 140 valence electrons. The van der Waals surface area contributed by atoms with Crippen molar-refractivity contribution in [1.82, 2.24) is 0 Å². The molecule has 0 saturated heterocycles. The van der Waals surface area contributed by atoms with Gasteiger partial charge in [0.1, 0.15) is 0 Å². The molecular formula is C25H28O2.